The molecule has 1 aliphatic rings. The first-order valence-corrected chi connectivity index (χ1v) is 10.8. The first-order chi connectivity index (χ1) is 13.9. The first kappa shape index (κ1) is 24.1. The van der Waals surface area contributed by atoms with Crippen molar-refractivity contribution in [3.8, 4) is 0 Å². The lowest BCUT2D eigenvalue weighted by Gasteiger charge is -2.25. The van der Waals surface area contributed by atoms with Gasteiger partial charge in [-0.25, -0.2) is 9.78 Å². The van der Waals surface area contributed by atoms with Crippen molar-refractivity contribution in [2.75, 3.05) is 18.0 Å². The Hall–Kier alpha value is -2.15. The van der Waals surface area contributed by atoms with Crippen LogP contribution in [0.5, 0.6) is 0 Å². The Kier molecular flexibility index (Phi) is 7.86. The SMILES string of the molecule is CC(C)OC(=O)c1c(C(C)C)ccnc1N1CC[C@H](N[C@@H](C)C(=O)OC(C)(C)C)C1. The van der Waals surface area contributed by atoms with Crippen LogP contribution in [0.15, 0.2) is 12.3 Å². The summed E-state index contributed by atoms with van der Waals surface area (Å²) < 4.78 is 11.0. The second kappa shape index (κ2) is 9.77. The van der Waals surface area contributed by atoms with Crippen LogP contribution in [0.2, 0.25) is 0 Å². The minimum absolute atomic E-state index is 0.103. The van der Waals surface area contributed by atoms with E-state index in [9.17, 15) is 9.59 Å². The summed E-state index contributed by atoms with van der Waals surface area (Å²) >= 11 is 0. The third kappa shape index (κ3) is 6.42. The normalized spacial score (nSPS) is 18.1. The Morgan fingerprint density at radius 3 is 2.43 bits per heavy atom. The van der Waals surface area contributed by atoms with E-state index in [1.807, 2.05) is 47.6 Å². The predicted octanol–water partition coefficient (Wildman–Crippen LogP) is 3.67. The van der Waals surface area contributed by atoms with Gasteiger partial charge in [-0.15, -0.1) is 0 Å². The fraction of sp³-hybridized carbons (Fsp3) is 0.696. The molecule has 0 aliphatic carbocycles. The number of carbonyl (C=O) groups excluding carboxylic acids is 2. The van der Waals surface area contributed by atoms with E-state index in [-0.39, 0.29) is 30.0 Å². The lowest BCUT2D eigenvalue weighted by molar-refractivity contribution is -0.157. The van der Waals surface area contributed by atoms with E-state index in [0.717, 1.165) is 18.5 Å². The molecule has 2 rings (SSSR count). The van der Waals surface area contributed by atoms with Gasteiger partial charge in [-0.3, -0.25) is 10.1 Å². The fourth-order valence-corrected chi connectivity index (χ4v) is 3.57. The number of nitrogens with one attached hydrogen (secondary N) is 1. The molecule has 7 heteroatoms. The fourth-order valence-electron chi connectivity index (χ4n) is 3.57. The zero-order valence-electron chi connectivity index (χ0n) is 19.6. The van der Waals surface area contributed by atoms with Crippen molar-refractivity contribution in [2.24, 2.45) is 0 Å². The Morgan fingerprint density at radius 1 is 1.20 bits per heavy atom. The maximum Gasteiger partial charge on any atom is 0.342 e. The summed E-state index contributed by atoms with van der Waals surface area (Å²) in [5, 5.41) is 3.36. The number of ether oxygens (including phenoxy) is 2. The topological polar surface area (TPSA) is 80.8 Å². The molecule has 7 nitrogen and oxygen atoms in total. The first-order valence-electron chi connectivity index (χ1n) is 10.8. The maximum atomic E-state index is 12.9. The number of esters is 2. The third-order valence-corrected chi connectivity index (χ3v) is 4.87. The second-order valence-corrected chi connectivity index (χ2v) is 9.56. The Balaban J connectivity index is 2.16. The number of aromatic nitrogens is 1. The summed E-state index contributed by atoms with van der Waals surface area (Å²) in [5.41, 5.74) is 0.966. The van der Waals surface area contributed by atoms with Gasteiger partial charge in [-0.2, -0.15) is 0 Å². The number of hydrogen-bond donors (Lipinski definition) is 1. The van der Waals surface area contributed by atoms with E-state index in [0.29, 0.717) is 17.9 Å². The molecule has 1 aromatic heterocycles. The molecule has 0 spiro atoms. The van der Waals surface area contributed by atoms with Crippen LogP contribution in [-0.4, -0.2) is 53.8 Å². The summed E-state index contributed by atoms with van der Waals surface area (Å²) in [7, 11) is 0. The summed E-state index contributed by atoms with van der Waals surface area (Å²) in [6.07, 6.45) is 2.40. The third-order valence-electron chi connectivity index (χ3n) is 4.87. The van der Waals surface area contributed by atoms with Gasteiger partial charge < -0.3 is 14.4 Å². The van der Waals surface area contributed by atoms with Crippen LogP contribution in [0, 0.1) is 0 Å². The highest BCUT2D eigenvalue weighted by Crippen LogP contribution is 2.30. The number of pyridine rings is 1. The van der Waals surface area contributed by atoms with Crippen molar-refractivity contribution in [1.82, 2.24) is 10.3 Å². The minimum atomic E-state index is -0.512. The van der Waals surface area contributed by atoms with Gasteiger partial charge in [0.15, 0.2) is 0 Å². The quantitative estimate of drug-likeness (QED) is 0.675. The molecule has 1 aliphatic heterocycles. The number of carbonyl (C=O) groups is 2. The average Bonchev–Trinajstić information content (AvgIpc) is 3.07. The van der Waals surface area contributed by atoms with Crippen molar-refractivity contribution in [2.45, 2.75) is 91.5 Å². The van der Waals surface area contributed by atoms with E-state index >= 15 is 0 Å². The van der Waals surface area contributed by atoms with Crippen LogP contribution in [0.3, 0.4) is 0 Å². The van der Waals surface area contributed by atoms with E-state index in [4.69, 9.17) is 9.47 Å². The smallest absolute Gasteiger partial charge is 0.342 e. The summed E-state index contributed by atoms with van der Waals surface area (Å²) in [6.45, 7) is 16.6. The van der Waals surface area contributed by atoms with Gasteiger partial charge in [0.05, 0.1) is 6.10 Å². The van der Waals surface area contributed by atoms with Gasteiger partial charge in [-0.05, 0) is 65.5 Å². The lowest BCUT2D eigenvalue weighted by atomic mass is 9.98. The summed E-state index contributed by atoms with van der Waals surface area (Å²) in [4.78, 5) is 31.8. The molecule has 0 radical (unpaired) electrons. The van der Waals surface area contributed by atoms with Crippen LogP contribution in [-0.2, 0) is 14.3 Å². The van der Waals surface area contributed by atoms with Crippen molar-refractivity contribution < 1.29 is 19.1 Å². The molecule has 30 heavy (non-hydrogen) atoms. The molecule has 0 amide bonds. The van der Waals surface area contributed by atoms with Crippen molar-refractivity contribution in [3.63, 3.8) is 0 Å². The molecule has 0 saturated carbocycles. The monoisotopic (exact) mass is 419 g/mol. The van der Waals surface area contributed by atoms with Crippen molar-refractivity contribution in [1.29, 1.82) is 0 Å². The molecule has 0 bridgehead atoms. The molecule has 1 saturated heterocycles. The number of rotatable bonds is 7. The molecular weight excluding hydrogens is 382 g/mol. The van der Waals surface area contributed by atoms with Gasteiger partial charge in [-0.1, -0.05) is 13.8 Å². The molecule has 1 N–H and O–H groups in total. The van der Waals surface area contributed by atoms with Crippen LogP contribution in [0.25, 0.3) is 0 Å². The molecule has 0 aromatic carbocycles. The van der Waals surface area contributed by atoms with Gasteiger partial charge in [0.25, 0.3) is 0 Å². The Labute approximate surface area is 180 Å². The van der Waals surface area contributed by atoms with Crippen molar-refractivity contribution in [3.05, 3.63) is 23.4 Å². The van der Waals surface area contributed by atoms with E-state index in [2.05, 4.69) is 29.0 Å². The summed E-state index contributed by atoms with van der Waals surface area (Å²) in [5.74, 6) is 0.226. The van der Waals surface area contributed by atoms with Crippen LogP contribution >= 0.6 is 0 Å². The maximum absolute atomic E-state index is 12.9. The average molecular weight is 420 g/mol. The second-order valence-electron chi connectivity index (χ2n) is 9.56. The molecule has 2 atom stereocenters. The van der Waals surface area contributed by atoms with E-state index in [1.165, 1.54) is 0 Å². The zero-order chi connectivity index (χ0) is 22.6. The highest BCUT2D eigenvalue weighted by molar-refractivity contribution is 5.97. The van der Waals surface area contributed by atoms with E-state index in [1.54, 1.807) is 6.20 Å². The standard InChI is InChI=1S/C23H37N3O4/c1-14(2)18-9-11-24-20(19(18)22(28)29-15(3)4)26-12-10-17(13-26)25-16(5)21(27)30-23(6,7)8/h9,11,14-17,25H,10,12-13H2,1-8H3/t16-,17-/m0/s1. The van der Waals surface area contributed by atoms with Gasteiger partial charge in [0.2, 0.25) is 0 Å². The van der Waals surface area contributed by atoms with Crippen LogP contribution in [0.1, 0.15) is 83.7 Å². The zero-order valence-corrected chi connectivity index (χ0v) is 19.6. The number of nitrogens with zero attached hydrogens (tertiary/aromatic N) is 2. The number of hydrogen-bond acceptors (Lipinski definition) is 7. The lowest BCUT2D eigenvalue weighted by Crippen LogP contribution is -2.45. The van der Waals surface area contributed by atoms with Gasteiger partial charge >= 0.3 is 11.9 Å². The minimum Gasteiger partial charge on any atom is -0.459 e. The van der Waals surface area contributed by atoms with Crippen molar-refractivity contribution >= 4 is 17.8 Å². The Bertz CT molecular complexity index is 755. The molecule has 0 unspecified atom stereocenters. The highest BCUT2D eigenvalue weighted by Gasteiger charge is 2.32. The van der Waals surface area contributed by atoms with Crippen LogP contribution < -0.4 is 10.2 Å². The van der Waals surface area contributed by atoms with Crippen LogP contribution in [0.4, 0.5) is 5.82 Å². The predicted molar refractivity (Wildman–Crippen MR) is 118 cm³/mol. The number of anilines is 1. The molecular formula is C23H37N3O4. The van der Waals surface area contributed by atoms with Gasteiger partial charge in [0.1, 0.15) is 23.0 Å². The molecule has 1 fully saturated rings. The molecule has 1 aromatic rings. The summed E-state index contributed by atoms with van der Waals surface area (Å²) in [6, 6.07) is 1.59. The largest absolute Gasteiger partial charge is 0.459 e. The van der Waals surface area contributed by atoms with Gasteiger partial charge in [0, 0.05) is 25.3 Å². The molecule has 2 heterocycles. The molecule has 168 valence electrons. The highest BCUT2D eigenvalue weighted by atomic mass is 16.6. The van der Waals surface area contributed by atoms with E-state index < -0.39 is 11.6 Å². The Morgan fingerprint density at radius 2 is 1.87 bits per heavy atom.